The van der Waals surface area contributed by atoms with Gasteiger partial charge in [-0.25, -0.2) is 0 Å². The minimum absolute atomic E-state index is 0.280. The van der Waals surface area contributed by atoms with Gasteiger partial charge in [-0.3, -0.25) is 9.59 Å². The highest BCUT2D eigenvalue weighted by molar-refractivity contribution is 5.96. The number of carboxylic acids is 1. The number of carbonyl (C=O) groups is 2. The van der Waals surface area contributed by atoms with Crippen molar-refractivity contribution < 1.29 is 14.7 Å². The number of nitrogen functional groups attached to an aromatic ring is 1. The van der Waals surface area contributed by atoms with Crippen molar-refractivity contribution in [1.82, 2.24) is 5.32 Å². The maximum atomic E-state index is 11.4. The fraction of sp³-hybridized carbons (Fsp3) is 0.333. The molecule has 0 aliphatic carbocycles. The molecule has 0 aliphatic heterocycles. The van der Waals surface area contributed by atoms with Crippen LogP contribution in [0.3, 0.4) is 0 Å². The Morgan fingerprint density at radius 3 is 2.59 bits per heavy atom. The van der Waals surface area contributed by atoms with E-state index in [1.807, 2.05) is 19.1 Å². The summed E-state index contributed by atoms with van der Waals surface area (Å²) in [5.41, 5.74) is 8.15. The molecule has 0 bridgehead atoms. The Morgan fingerprint density at radius 1 is 1.41 bits per heavy atom. The molecule has 4 N–H and O–H groups in total. The number of benzene rings is 1. The summed E-state index contributed by atoms with van der Waals surface area (Å²) in [6, 6.07) is 5.46. The van der Waals surface area contributed by atoms with E-state index >= 15 is 0 Å². The van der Waals surface area contributed by atoms with E-state index in [0.29, 0.717) is 5.69 Å². The second-order valence-electron chi connectivity index (χ2n) is 4.03. The van der Waals surface area contributed by atoms with Crippen molar-refractivity contribution in [2.24, 2.45) is 5.92 Å². The number of aliphatic carboxylic acids is 1. The first-order valence-electron chi connectivity index (χ1n) is 5.26. The highest BCUT2D eigenvalue weighted by Gasteiger charge is 2.19. The van der Waals surface area contributed by atoms with Crippen LogP contribution >= 0.6 is 0 Å². The van der Waals surface area contributed by atoms with Crippen molar-refractivity contribution in [3.8, 4) is 0 Å². The predicted molar refractivity (Wildman–Crippen MR) is 64.2 cm³/mol. The topological polar surface area (TPSA) is 92.4 Å². The first-order valence-corrected chi connectivity index (χ1v) is 5.26. The van der Waals surface area contributed by atoms with E-state index in [0.717, 1.165) is 11.1 Å². The first kappa shape index (κ1) is 13.0. The van der Waals surface area contributed by atoms with E-state index in [9.17, 15) is 9.59 Å². The van der Waals surface area contributed by atoms with Gasteiger partial charge in [-0.2, -0.15) is 0 Å². The highest BCUT2D eigenvalue weighted by atomic mass is 16.4. The molecule has 1 unspecified atom stereocenters. The molecule has 0 aliphatic rings. The molecule has 17 heavy (non-hydrogen) atoms. The molecule has 1 atom stereocenters. The zero-order chi connectivity index (χ0) is 13.0. The third-order valence-electron chi connectivity index (χ3n) is 2.39. The van der Waals surface area contributed by atoms with Gasteiger partial charge in [0.25, 0.3) is 0 Å². The van der Waals surface area contributed by atoms with Gasteiger partial charge in [0.2, 0.25) is 5.91 Å². The Balaban J connectivity index is 2.61. The van der Waals surface area contributed by atoms with E-state index < -0.39 is 17.8 Å². The average Bonchev–Trinajstić information content (AvgIpc) is 2.23. The van der Waals surface area contributed by atoms with E-state index in [1.165, 1.54) is 6.92 Å². The number of hydrogen-bond donors (Lipinski definition) is 3. The number of carboxylic acid groups (broad SMARTS) is 1. The lowest BCUT2D eigenvalue weighted by atomic mass is 10.1. The summed E-state index contributed by atoms with van der Waals surface area (Å²) < 4.78 is 0. The summed E-state index contributed by atoms with van der Waals surface area (Å²) in [7, 11) is 0. The van der Waals surface area contributed by atoms with Crippen molar-refractivity contribution in [2.75, 3.05) is 5.73 Å². The fourth-order valence-corrected chi connectivity index (χ4v) is 1.45. The van der Waals surface area contributed by atoms with Crippen LogP contribution in [0, 0.1) is 12.8 Å². The van der Waals surface area contributed by atoms with Crippen LogP contribution in [0.1, 0.15) is 18.1 Å². The smallest absolute Gasteiger partial charge is 0.315 e. The Labute approximate surface area is 99.6 Å². The second-order valence-corrected chi connectivity index (χ2v) is 4.03. The number of rotatable bonds is 4. The molecule has 0 radical (unpaired) electrons. The summed E-state index contributed by atoms with van der Waals surface area (Å²) in [6.45, 7) is 3.53. The maximum absolute atomic E-state index is 11.4. The number of nitrogens with two attached hydrogens (primary N) is 1. The molecule has 5 heteroatoms. The average molecular weight is 236 g/mol. The molecule has 1 aromatic carbocycles. The quantitative estimate of drug-likeness (QED) is 0.535. The van der Waals surface area contributed by atoms with E-state index in [4.69, 9.17) is 10.8 Å². The number of carbonyl (C=O) groups excluding carboxylic acids is 1. The summed E-state index contributed by atoms with van der Waals surface area (Å²) in [6.07, 6.45) is 0. The lowest BCUT2D eigenvalue weighted by Crippen LogP contribution is -2.33. The number of anilines is 1. The molecule has 0 saturated carbocycles. The Hall–Kier alpha value is -2.04. The van der Waals surface area contributed by atoms with Gasteiger partial charge in [-0.05, 0) is 37.1 Å². The van der Waals surface area contributed by atoms with Gasteiger partial charge in [0.05, 0.1) is 0 Å². The molecule has 1 rings (SSSR count). The predicted octanol–water partition coefficient (Wildman–Crippen LogP) is 0.914. The molecule has 0 spiro atoms. The van der Waals surface area contributed by atoms with Gasteiger partial charge in [-0.1, -0.05) is 6.07 Å². The Bertz CT molecular complexity index is 423. The number of aryl methyl sites for hydroxylation is 1. The van der Waals surface area contributed by atoms with Crippen molar-refractivity contribution in [3.63, 3.8) is 0 Å². The highest BCUT2D eigenvalue weighted by Crippen LogP contribution is 2.11. The minimum atomic E-state index is -1.13. The third kappa shape index (κ3) is 3.79. The fourth-order valence-electron chi connectivity index (χ4n) is 1.45. The van der Waals surface area contributed by atoms with Crippen molar-refractivity contribution in [3.05, 3.63) is 29.3 Å². The largest absolute Gasteiger partial charge is 0.481 e. The van der Waals surface area contributed by atoms with Crippen LogP contribution < -0.4 is 11.1 Å². The van der Waals surface area contributed by atoms with Crippen LogP contribution in [-0.2, 0) is 16.1 Å². The molecule has 1 amide bonds. The van der Waals surface area contributed by atoms with E-state index in [-0.39, 0.29) is 6.54 Å². The van der Waals surface area contributed by atoms with Crippen LogP contribution in [0.25, 0.3) is 0 Å². The maximum Gasteiger partial charge on any atom is 0.315 e. The van der Waals surface area contributed by atoms with Crippen LogP contribution in [0.15, 0.2) is 18.2 Å². The van der Waals surface area contributed by atoms with Crippen LogP contribution in [0.5, 0.6) is 0 Å². The van der Waals surface area contributed by atoms with Gasteiger partial charge >= 0.3 is 5.97 Å². The van der Waals surface area contributed by atoms with Crippen LogP contribution in [0.2, 0.25) is 0 Å². The molecule has 5 nitrogen and oxygen atoms in total. The Kier molecular flexibility index (Phi) is 4.09. The van der Waals surface area contributed by atoms with Crippen molar-refractivity contribution >= 4 is 17.6 Å². The molecule has 0 saturated heterocycles. The number of amides is 1. The zero-order valence-corrected chi connectivity index (χ0v) is 9.86. The summed E-state index contributed by atoms with van der Waals surface area (Å²) in [4.78, 5) is 22.0. The molecular weight excluding hydrogens is 220 g/mol. The van der Waals surface area contributed by atoms with Gasteiger partial charge in [0, 0.05) is 12.2 Å². The molecule has 0 aromatic heterocycles. The van der Waals surface area contributed by atoms with E-state index in [1.54, 1.807) is 6.07 Å². The molecule has 1 aromatic rings. The standard InChI is InChI=1S/C12H16N2O3/c1-7-3-9(5-10(13)4-7)6-14-11(15)8(2)12(16)17/h3-5,8H,6,13H2,1-2H3,(H,14,15)(H,16,17). The molecule has 0 heterocycles. The van der Waals surface area contributed by atoms with Gasteiger partial charge in [0.15, 0.2) is 0 Å². The second kappa shape index (κ2) is 5.34. The lowest BCUT2D eigenvalue weighted by Gasteiger charge is -2.09. The normalized spacial score (nSPS) is 11.9. The lowest BCUT2D eigenvalue weighted by molar-refractivity contribution is -0.146. The molecule has 92 valence electrons. The third-order valence-corrected chi connectivity index (χ3v) is 2.39. The van der Waals surface area contributed by atoms with Gasteiger partial charge < -0.3 is 16.2 Å². The minimum Gasteiger partial charge on any atom is -0.481 e. The SMILES string of the molecule is Cc1cc(N)cc(CNC(=O)C(C)C(=O)O)c1. The number of hydrogen-bond acceptors (Lipinski definition) is 3. The monoisotopic (exact) mass is 236 g/mol. The molecular formula is C12H16N2O3. The van der Waals surface area contributed by atoms with Crippen LogP contribution in [-0.4, -0.2) is 17.0 Å². The molecule has 0 fully saturated rings. The van der Waals surface area contributed by atoms with Crippen LogP contribution in [0.4, 0.5) is 5.69 Å². The van der Waals surface area contributed by atoms with Crippen molar-refractivity contribution in [1.29, 1.82) is 0 Å². The number of nitrogens with one attached hydrogen (secondary N) is 1. The van der Waals surface area contributed by atoms with Gasteiger partial charge in [0.1, 0.15) is 5.92 Å². The summed E-state index contributed by atoms with van der Waals surface area (Å²) in [5.74, 6) is -2.68. The summed E-state index contributed by atoms with van der Waals surface area (Å²) >= 11 is 0. The first-order chi connectivity index (χ1) is 7.90. The summed E-state index contributed by atoms with van der Waals surface area (Å²) in [5, 5.41) is 11.2. The Morgan fingerprint density at radius 2 is 2.06 bits per heavy atom. The van der Waals surface area contributed by atoms with E-state index in [2.05, 4.69) is 5.32 Å². The zero-order valence-electron chi connectivity index (χ0n) is 9.86. The van der Waals surface area contributed by atoms with Gasteiger partial charge in [-0.15, -0.1) is 0 Å². The van der Waals surface area contributed by atoms with Crippen molar-refractivity contribution in [2.45, 2.75) is 20.4 Å².